The minimum absolute atomic E-state index is 0.423. The van der Waals surface area contributed by atoms with Crippen LogP contribution < -0.4 is 5.32 Å². The number of hydrogen-bond donors (Lipinski definition) is 2. The van der Waals surface area contributed by atoms with E-state index in [-0.39, 0.29) is 0 Å². The normalized spacial score (nSPS) is 18.9. The van der Waals surface area contributed by atoms with Crippen LogP contribution in [0.4, 0.5) is 5.69 Å². The van der Waals surface area contributed by atoms with Gasteiger partial charge in [-0.15, -0.1) is 0 Å². The molecular weight excluding hydrogens is 222 g/mol. The molecule has 16 heavy (non-hydrogen) atoms. The standard InChI is InChI=1S/C12H12ClN3/c13-9-1-2-11-10(8-6-15-16-7-8)3-4-14-12(11)5-9/h1-2,5-7,10,14H,3-4H2,(H,15,16). The summed E-state index contributed by atoms with van der Waals surface area (Å²) in [5.41, 5.74) is 3.69. The van der Waals surface area contributed by atoms with E-state index in [1.807, 2.05) is 24.5 Å². The molecule has 3 nitrogen and oxygen atoms in total. The zero-order valence-corrected chi connectivity index (χ0v) is 9.46. The number of nitrogens with one attached hydrogen (secondary N) is 2. The maximum atomic E-state index is 5.99. The largest absolute Gasteiger partial charge is 0.385 e. The molecule has 2 heterocycles. The lowest BCUT2D eigenvalue weighted by Crippen LogP contribution is -2.17. The lowest BCUT2D eigenvalue weighted by Gasteiger charge is -2.26. The Kier molecular flexibility index (Phi) is 2.33. The van der Waals surface area contributed by atoms with Crippen molar-refractivity contribution in [2.24, 2.45) is 0 Å². The number of rotatable bonds is 1. The van der Waals surface area contributed by atoms with Gasteiger partial charge in [0.2, 0.25) is 0 Å². The zero-order chi connectivity index (χ0) is 11.0. The fourth-order valence-corrected chi connectivity index (χ4v) is 2.46. The summed E-state index contributed by atoms with van der Waals surface area (Å²) in [4.78, 5) is 0. The Bertz CT molecular complexity index is 493. The van der Waals surface area contributed by atoms with Gasteiger partial charge in [0.25, 0.3) is 0 Å². The van der Waals surface area contributed by atoms with Crippen LogP contribution in [0.25, 0.3) is 0 Å². The molecule has 0 spiro atoms. The van der Waals surface area contributed by atoms with Crippen LogP contribution in [-0.4, -0.2) is 16.7 Å². The summed E-state index contributed by atoms with van der Waals surface area (Å²) < 4.78 is 0. The molecule has 0 aliphatic carbocycles. The number of anilines is 1. The molecular formula is C12H12ClN3. The van der Waals surface area contributed by atoms with Gasteiger partial charge in [-0.3, -0.25) is 5.10 Å². The molecule has 2 aromatic rings. The molecule has 1 unspecified atom stereocenters. The molecule has 0 amide bonds. The fraction of sp³-hybridized carbons (Fsp3) is 0.250. The van der Waals surface area contributed by atoms with Gasteiger partial charge in [-0.25, -0.2) is 0 Å². The maximum absolute atomic E-state index is 5.99. The Morgan fingerprint density at radius 2 is 2.31 bits per heavy atom. The van der Waals surface area contributed by atoms with Crippen LogP contribution in [0.5, 0.6) is 0 Å². The van der Waals surface area contributed by atoms with E-state index in [0.29, 0.717) is 5.92 Å². The molecule has 1 atom stereocenters. The number of fused-ring (bicyclic) bond motifs is 1. The van der Waals surface area contributed by atoms with Crippen molar-refractivity contribution in [3.63, 3.8) is 0 Å². The summed E-state index contributed by atoms with van der Waals surface area (Å²) in [5, 5.41) is 11.0. The van der Waals surface area contributed by atoms with E-state index in [2.05, 4.69) is 21.6 Å². The second-order valence-electron chi connectivity index (χ2n) is 4.03. The van der Waals surface area contributed by atoms with Gasteiger partial charge in [-0.05, 0) is 29.7 Å². The molecule has 1 aliphatic rings. The quantitative estimate of drug-likeness (QED) is 0.795. The number of aromatic amines is 1. The molecule has 3 rings (SSSR count). The van der Waals surface area contributed by atoms with Crippen LogP contribution in [0.3, 0.4) is 0 Å². The molecule has 0 saturated carbocycles. The van der Waals surface area contributed by atoms with Crippen LogP contribution in [0.1, 0.15) is 23.5 Å². The Balaban J connectivity index is 2.06. The summed E-state index contributed by atoms with van der Waals surface area (Å²) in [6.45, 7) is 0.975. The summed E-state index contributed by atoms with van der Waals surface area (Å²) in [7, 11) is 0. The molecule has 0 radical (unpaired) electrons. The van der Waals surface area contributed by atoms with Gasteiger partial charge in [-0.2, -0.15) is 5.10 Å². The van der Waals surface area contributed by atoms with Crippen molar-refractivity contribution in [1.29, 1.82) is 0 Å². The molecule has 0 fully saturated rings. The second kappa shape index (κ2) is 3.83. The predicted molar refractivity (Wildman–Crippen MR) is 65.0 cm³/mol. The van der Waals surface area contributed by atoms with E-state index >= 15 is 0 Å². The number of nitrogens with zero attached hydrogens (tertiary/aromatic N) is 1. The van der Waals surface area contributed by atoms with Crippen molar-refractivity contribution in [3.05, 3.63) is 46.7 Å². The first kappa shape index (κ1) is 9.73. The number of hydrogen-bond acceptors (Lipinski definition) is 2. The van der Waals surface area contributed by atoms with Crippen LogP contribution in [0, 0.1) is 0 Å². The number of halogens is 1. The van der Waals surface area contributed by atoms with Crippen molar-refractivity contribution < 1.29 is 0 Å². The van der Waals surface area contributed by atoms with E-state index in [0.717, 1.165) is 23.7 Å². The van der Waals surface area contributed by atoms with Crippen LogP contribution in [0.2, 0.25) is 5.02 Å². The molecule has 4 heteroatoms. The van der Waals surface area contributed by atoms with Crippen LogP contribution >= 0.6 is 11.6 Å². The minimum atomic E-state index is 0.423. The van der Waals surface area contributed by atoms with Gasteiger partial charge in [0.15, 0.2) is 0 Å². The SMILES string of the molecule is Clc1ccc2c(c1)NCCC2c1cn[nH]c1. The van der Waals surface area contributed by atoms with Crippen molar-refractivity contribution in [2.75, 3.05) is 11.9 Å². The van der Waals surface area contributed by atoms with E-state index in [1.54, 1.807) is 0 Å². The van der Waals surface area contributed by atoms with E-state index < -0.39 is 0 Å². The van der Waals surface area contributed by atoms with Crippen molar-refractivity contribution >= 4 is 17.3 Å². The first-order chi connectivity index (χ1) is 7.84. The van der Waals surface area contributed by atoms with E-state index in [9.17, 15) is 0 Å². The monoisotopic (exact) mass is 233 g/mol. The van der Waals surface area contributed by atoms with Gasteiger partial charge in [0.05, 0.1) is 6.20 Å². The van der Waals surface area contributed by atoms with Crippen LogP contribution in [-0.2, 0) is 0 Å². The molecule has 1 aromatic heterocycles. The molecule has 0 bridgehead atoms. The molecule has 2 N–H and O–H groups in total. The summed E-state index contributed by atoms with van der Waals surface area (Å²) in [6.07, 6.45) is 4.96. The van der Waals surface area contributed by atoms with Crippen molar-refractivity contribution in [3.8, 4) is 0 Å². The second-order valence-corrected chi connectivity index (χ2v) is 4.47. The highest BCUT2D eigenvalue weighted by molar-refractivity contribution is 6.30. The molecule has 0 saturated heterocycles. The summed E-state index contributed by atoms with van der Waals surface area (Å²) in [5.74, 6) is 0.423. The van der Waals surface area contributed by atoms with Gasteiger partial charge in [-0.1, -0.05) is 17.7 Å². The zero-order valence-electron chi connectivity index (χ0n) is 8.70. The summed E-state index contributed by atoms with van der Waals surface area (Å²) in [6, 6.07) is 6.03. The highest BCUT2D eigenvalue weighted by atomic mass is 35.5. The third kappa shape index (κ3) is 1.57. The van der Waals surface area contributed by atoms with Gasteiger partial charge in [0, 0.05) is 29.4 Å². The topological polar surface area (TPSA) is 40.7 Å². The number of aromatic nitrogens is 2. The number of benzene rings is 1. The van der Waals surface area contributed by atoms with Gasteiger partial charge >= 0.3 is 0 Å². The lowest BCUT2D eigenvalue weighted by atomic mass is 9.87. The minimum Gasteiger partial charge on any atom is -0.385 e. The smallest absolute Gasteiger partial charge is 0.0525 e. The highest BCUT2D eigenvalue weighted by Crippen LogP contribution is 2.37. The van der Waals surface area contributed by atoms with Crippen LogP contribution in [0.15, 0.2) is 30.6 Å². The maximum Gasteiger partial charge on any atom is 0.0525 e. The van der Waals surface area contributed by atoms with E-state index in [4.69, 9.17) is 11.6 Å². The third-order valence-corrected chi connectivity index (χ3v) is 3.30. The number of H-pyrrole nitrogens is 1. The Morgan fingerprint density at radius 1 is 1.38 bits per heavy atom. The predicted octanol–water partition coefficient (Wildman–Crippen LogP) is 3.01. The Labute approximate surface area is 98.8 Å². The van der Waals surface area contributed by atoms with Crippen molar-refractivity contribution in [1.82, 2.24) is 10.2 Å². The third-order valence-electron chi connectivity index (χ3n) is 3.06. The van der Waals surface area contributed by atoms with E-state index in [1.165, 1.54) is 11.1 Å². The Hall–Kier alpha value is -1.48. The van der Waals surface area contributed by atoms with Crippen molar-refractivity contribution in [2.45, 2.75) is 12.3 Å². The van der Waals surface area contributed by atoms with Gasteiger partial charge < -0.3 is 5.32 Å². The first-order valence-corrected chi connectivity index (χ1v) is 5.74. The highest BCUT2D eigenvalue weighted by Gasteiger charge is 2.22. The lowest BCUT2D eigenvalue weighted by molar-refractivity contribution is 0.720. The van der Waals surface area contributed by atoms with Gasteiger partial charge in [0.1, 0.15) is 0 Å². The first-order valence-electron chi connectivity index (χ1n) is 5.36. The average Bonchev–Trinajstić information content (AvgIpc) is 2.81. The molecule has 1 aromatic carbocycles. The molecule has 82 valence electrons. The Morgan fingerprint density at radius 3 is 3.12 bits per heavy atom. The fourth-order valence-electron chi connectivity index (χ4n) is 2.29. The summed E-state index contributed by atoms with van der Waals surface area (Å²) >= 11 is 5.99. The molecule has 1 aliphatic heterocycles. The average molecular weight is 234 g/mol.